The van der Waals surface area contributed by atoms with Crippen LogP contribution in [0, 0.1) is 5.92 Å². The molecule has 1 aromatic carbocycles. The standard InChI is InChI=1S/C18H26N2O4/c1-13(16(21)22)11-20(2)17(23)19-12-18(9-4-10-18)14-5-7-15(24-3)8-6-14/h5-8,13H,4,9-12H2,1-3H3,(H,19,23)(H,21,22). The van der Waals surface area contributed by atoms with Crippen LogP contribution in [0.15, 0.2) is 24.3 Å². The number of hydrogen-bond acceptors (Lipinski definition) is 3. The first kappa shape index (κ1) is 18.1. The molecule has 0 saturated heterocycles. The molecule has 2 rings (SSSR count). The van der Waals surface area contributed by atoms with Crippen molar-refractivity contribution in [3.63, 3.8) is 0 Å². The van der Waals surface area contributed by atoms with Gasteiger partial charge < -0.3 is 20.1 Å². The minimum absolute atomic E-state index is 0.0266. The van der Waals surface area contributed by atoms with Crippen LogP contribution in [0.1, 0.15) is 31.7 Å². The first-order chi connectivity index (χ1) is 11.4. The Balaban J connectivity index is 1.95. The van der Waals surface area contributed by atoms with Gasteiger partial charge in [-0.15, -0.1) is 0 Å². The van der Waals surface area contributed by atoms with Gasteiger partial charge in [-0.05, 0) is 30.5 Å². The molecule has 1 unspecified atom stereocenters. The molecule has 0 aliphatic heterocycles. The molecule has 6 heteroatoms. The van der Waals surface area contributed by atoms with E-state index in [-0.39, 0.29) is 18.0 Å². The van der Waals surface area contributed by atoms with E-state index in [1.807, 2.05) is 12.1 Å². The van der Waals surface area contributed by atoms with Gasteiger partial charge in [-0.2, -0.15) is 0 Å². The van der Waals surface area contributed by atoms with Crippen molar-refractivity contribution in [2.24, 2.45) is 5.92 Å². The summed E-state index contributed by atoms with van der Waals surface area (Å²) in [6.45, 7) is 2.34. The fraction of sp³-hybridized carbons (Fsp3) is 0.556. The number of nitrogens with one attached hydrogen (secondary N) is 1. The molecule has 1 aromatic rings. The smallest absolute Gasteiger partial charge is 0.317 e. The van der Waals surface area contributed by atoms with Gasteiger partial charge in [0.05, 0.1) is 13.0 Å². The largest absolute Gasteiger partial charge is 0.497 e. The highest BCUT2D eigenvalue weighted by atomic mass is 16.5. The van der Waals surface area contributed by atoms with E-state index >= 15 is 0 Å². The summed E-state index contributed by atoms with van der Waals surface area (Å²) in [6.07, 6.45) is 3.22. The maximum atomic E-state index is 12.2. The Morgan fingerprint density at radius 1 is 1.33 bits per heavy atom. The first-order valence-corrected chi connectivity index (χ1v) is 8.24. The predicted octanol–water partition coefficient (Wildman–Crippen LogP) is 2.48. The Morgan fingerprint density at radius 2 is 1.96 bits per heavy atom. The Hall–Kier alpha value is -2.24. The van der Waals surface area contributed by atoms with Gasteiger partial charge in [0, 0.05) is 25.6 Å². The summed E-state index contributed by atoms with van der Waals surface area (Å²) in [5, 5.41) is 11.9. The number of carbonyl (C=O) groups is 2. The van der Waals surface area contributed by atoms with Gasteiger partial charge >= 0.3 is 12.0 Å². The second-order valence-corrected chi connectivity index (χ2v) is 6.64. The number of amides is 2. The van der Waals surface area contributed by atoms with E-state index in [4.69, 9.17) is 9.84 Å². The maximum Gasteiger partial charge on any atom is 0.317 e. The van der Waals surface area contributed by atoms with E-state index in [9.17, 15) is 9.59 Å². The molecule has 0 spiro atoms. The number of ether oxygens (including phenoxy) is 1. The fourth-order valence-electron chi connectivity index (χ4n) is 3.07. The highest BCUT2D eigenvalue weighted by Crippen LogP contribution is 2.43. The minimum Gasteiger partial charge on any atom is -0.497 e. The molecule has 0 heterocycles. The molecule has 1 aliphatic rings. The van der Waals surface area contributed by atoms with Crippen LogP contribution in [0.2, 0.25) is 0 Å². The van der Waals surface area contributed by atoms with Gasteiger partial charge in [0.1, 0.15) is 5.75 Å². The summed E-state index contributed by atoms with van der Waals surface area (Å²) in [7, 11) is 3.26. The third kappa shape index (κ3) is 3.99. The summed E-state index contributed by atoms with van der Waals surface area (Å²) in [5.41, 5.74) is 1.18. The Labute approximate surface area is 142 Å². The van der Waals surface area contributed by atoms with Gasteiger partial charge in [0.15, 0.2) is 0 Å². The molecule has 0 aromatic heterocycles. The van der Waals surface area contributed by atoms with Crippen molar-refractivity contribution in [1.29, 1.82) is 0 Å². The lowest BCUT2D eigenvalue weighted by atomic mass is 9.64. The monoisotopic (exact) mass is 334 g/mol. The van der Waals surface area contributed by atoms with Crippen molar-refractivity contribution in [3.05, 3.63) is 29.8 Å². The van der Waals surface area contributed by atoms with E-state index in [2.05, 4.69) is 17.4 Å². The lowest BCUT2D eigenvalue weighted by Crippen LogP contribution is -2.49. The molecule has 132 valence electrons. The molecular weight excluding hydrogens is 308 g/mol. The molecule has 6 nitrogen and oxygen atoms in total. The second kappa shape index (κ2) is 7.55. The number of benzene rings is 1. The summed E-state index contributed by atoms with van der Waals surface area (Å²) in [6, 6.07) is 7.76. The van der Waals surface area contributed by atoms with Crippen LogP contribution < -0.4 is 10.1 Å². The van der Waals surface area contributed by atoms with Crippen molar-refractivity contribution in [1.82, 2.24) is 10.2 Å². The molecular formula is C18H26N2O4. The first-order valence-electron chi connectivity index (χ1n) is 8.24. The Bertz CT molecular complexity index is 581. The number of aliphatic carboxylic acids is 1. The Kier molecular flexibility index (Phi) is 5.70. The van der Waals surface area contributed by atoms with Crippen LogP contribution >= 0.6 is 0 Å². The van der Waals surface area contributed by atoms with Crippen molar-refractivity contribution in [3.8, 4) is 5.75 Å². The van der Waals surface area contributed by atoms with Crippen LogP contribution in [0.5, 0.6) is 5.75 Å². The zero-order valence-electron chi connectivity index (χ0n) is 14.5. The average Bonchev–Trinajstić information content (AvgIpc) is 2.53. The molecule has 0 radical (unpaired) electrons. The fourth-order valence-corrected chi connectivity index (χ4v) is 3.07. The molecule has 1 saturated carbocycles. The summed E-state index contributed by atoms with van der Waals surface area (Å²) < 4.78 is 5.20. The molecule has 24 heavy (non-hydrogen) atoms. The van der Waals surface area contributed by atoms with Crippen molar-refractivity contribution in [2.75, 3.05) is 27.2 Å². The van der Waals surface area contributed by atoms with E-state index in [0.717, 1.165) is 25.0 Å². The number of carboxylic acids is 1. The number of rotatable bonds is 7. The average molecular weight is 334 g/mol. The van der Waals surface area contributed by atoms with Crippen LogP contribution in [0.25, 0.3) is 0 Å². The van der Waals surface area contributed by atoms with Crippen molar-refractivity contribution < 1.29 is 19.4 Å². The number of urea groups is 1. The van der Waals surface area contributed by atoms with E-state index in [1.165, 1.54) is 10.5 Å². The minimum atomic E-state index is -0.900. The molecule has 0 bridgehead atoms. The zero-order chi connectivity index (χ0) is 17.7. The van der Waals surface area contributed by atoms with Gasteiger partial charge in [-0.1, -0.05) is 25.5 Å². The van der Waals surface area contributed by atoms with E-state index < -0.39 is 11.9 Å². The number of nitrogens with zero attached hydrogens (tertiary/aromatic N) is 1. The molecule has 2 N–H and O–H groups in total. The summed E-state index contributed by atoms with van der Waals surface area (Å²) in [4.78, 5) is 24.5. The zero-order valence-corrected chi connectivity index (χ0v) is 14.5. The van der Waals surface area contributed by atoms with Gasteiger partial charge in [0.2, 0.25) is 0 Å². The van der Waals surface area contributed by atoms with E-state index in [1.54, 1.807) is 21.1 Å². The lowest BCUT2D eigenvalue weighted by Gasteiger charge is -2.43. The SMILES string of the molecule is COc1ccc(C2(CNC(=O)N(C)CC(C)C(=O)O)CCC2)cc1. The number of carbonyl (C=O) groups excluding carboxylic acids is 1. The van der Waals surface area contributed by atoms with Gasteiger partial charge in [-0.3, -0.25) is 4.79 Å². The van der Waals surface area contributed by atoms with Gasteiger partial charge in [-0.25, -0.2) is 4.79 Å². The van der Waals surface area contributed by atoms with Gasteiger partial charge in [0.25, 0.3) is 0 Å². The number of hydrogen-bond donors (Lipinski definition) is 2. The molecule has 1 fully saturated rings. The predicted molar refractivity (Wildman–Crippen MR) is 91.4 cm³/mol. The Morgan fingerprint density at radius 3 is 2.42 bits per heavy atom. The molecule has 1 aliphatic carbocycles. The third-order valence-electron chi connectivity index (χ3n) is 4.91. The third-order valence-corrected chi connectivity index (χ3v) is 4.91. The van der Waals surface area contributed by atoms with Crippen LogP contribution in [0.4, 0.5) is 4.79 Å². The maximum absolute atomic E-state index is 12.2. The van der Waals surface area contributed by atoms with Crippen LogP contribution in [-0.2, 0) is 10.2 Å². The number of carboxylic acid groups (broad SMARTS) is 1. The van der Waals surface area contributed by atoms with Crippen molar-refractivity contribution >= 4 is 12.0 Å². The highest BCUT2D eigenvalue weighted by molar-refractivity contribution is 5.75. The highest BCUT2D eigenvalue weighted by Gasteiger charge is 2.39. The van der Waals surface area contributed by atoms with Crippen LogP contribution in [-0.4, -0.2) is 49.3 Å². The van der Waals surface area contributed by atoms with Crippen LogP contribution in [0.3, 0.4) is 0 Å². The summed E-state index contributed by atoms with van der Waals surface area (Å²) in [5.74, 6) is -0.664. The quantitative estimate of drug-likeness (QED) is 0.803. The molecule has 2 amide bonds. The topological polar surface area (TPSA) is 78.9 Å². The normalized spacial score (nSPS) is 16.6. The lowest BCUT2D eigenvalue weighted by molar-refractivity contribution is -0.141. The summed E-state index contributed by atoms with van der Waals surface area (Å²) >= 11 is 0. The second-order valence-electron chi connectivity index (χ2n) is 6.64. The van der Waals surface area contributed by atoms with Crippen molar-refractivity contribution in [2.45, 2.75) is 31.6 Å². The van der Waals surface area contributed by atoms with E-state index in [0.29, 0.717) is 6.54 Å². The molecule has 1 atom stereocenters. The number of methoxy groups -OCH3 is 1.